The smallest absolute Gasteiger partial charge is 0.243 e. The number of aliphatic imine (C=N–C) groups is 2. The molecule has 13 nitrogen and oxygen atoms in total. The average Bonchev–Trinajstić information content (AvgIpc) is 3.16. The molecule has 0 radical (unpaired) electrons. The van der Waals surface area contributed by atoms with Gasteiger partial charge in [0.05, 0.1) is 6.04 Å². The van der Waals surface area contributed by atoms with Crippen molar-refractivity contribution < 1.29 is 14.4 Å². The maximum absolute atomic E-state index is 12.7. The van der Waals surface area contributed by atoms with Crippen LogP contribution in [0.15, 0.2) is 9.98 Å². The fraction of sp³-hybridized carbons (Fsp3) is 0.706. The number of guanidine groups is 2. The quantitative estimate of drug-likeness (QED) is 0.0929. The van der Waals surface area contributed by atoms with E-state index in [1.807, 2.05) is 0 Å². The minimum atomic E-state index is -0.877. The van der Waals surface area contributed by atoms with Gasteiger partial charge in [0.2, 0.25) is 17.7 Å². The Bertz CT molecular complexity index is 658. The van der Waals surface area contributed by atoms with Crippen molar-refractivity contribution >= 4 is 29.6 Å². The van der Waals surface area contributed by atoms with Crippen LogP contribution in [-0.4, -0.2) is 72.3 Å². The summed E-state index contributed by atoms with van der Waals surface area (Å²) in [6.07, 6.45) is 2.81. The molecule has 13 N–H and O–H groups in total. The largest absolute Gasteiger partial charge is 0.370 e. The standard InChI is InChI=1S/C17H34N10O3/c18-10(4-1-7-24-16(20)21)15(30)27-9-3-6-12(27)14(29)26-11(13(19)28)5-2-8-25-17(22)23/h10-12H,1-9,18H2,(H2,19,28)(H,26,29)(H4,20,21,24)(H4,22,23,25). The summed E-state index contributed by atoms with van der Waals surface area (Å²) in [4.78, 5) is 46.2. The van der Waals surface area contributed by atoms with E-state index in [0.717, 1.165) is 0 Å². The highest BCUT2D eigenvalue weighted by Crippen LogP contribution is 2.19. The number of hydrogen-bond donors (Lipinski definition) is 7. The number of likely N-dealkylation sites (tertiary alicyclic amines) is 1. The number of carbonyl (C=O) groups is 3. The predicted octanol–water partition coefficient (Wildman–Crippen LogP) is -3.62. The second-order valence-electron chi connectivity index (χ2n) is 7.16. The number of nitrogens with one attached hydrogen (secondary N) is 1. The molecule has 0 aromatic rings. The van der Waals surface area contributed by atoms with Gasteiger partial charge < -0.3 is 44.6 Å². The molecule has 1 aliphatic rings. The van der Waals surface area contributed by atoms with Crippen LogP contribution in [-0.2, 0) is 14.4 Å². The molecule has 3 unspecified atom stereocenters. The molecule has 0 aromatic heterocycles. The molecule has 30 heavy (non-hydrogen) atoms. The molecule has 1 rings (SSSR count). The molecule has 13 heteroatoms. The Morgan fingerprint density at radius 2 is 1.53 bits per heavy atom. The lowest BCUT2D eigenvalue weighted by Crippen LogP contribution is -2.54. The molecule has 1 saturated heterocycles. The lowest BCUT2D eigenvalue weighted by molar-refractivity contribution is -0.140. The summed E-state index contributed by atoms with van der Waals surface area (Å²) in [5.74, 6) is -1.49. The predicted molar refractivity (Wildman–Crippen MR) is 114 cm³/mol. The normalized spacial score (nSPS) is 17.6. The second kappa shape index (κ2) is 12.5. The van der Waals surface area contributed by atoms with Gasteiger partial charge in [0.25, 0.3) is 0 Å². The van der Waals surface area contributed by atoms with E-state index >= 15 is 0 Å². The van der Waals surface area contributed by atoms with Crippen LogP contribution in [0.1, 0.15) is 38.5 Å². The average molecular weight is 427 g/mol. The monoisotopic (exact) mass is 426 g/mol. The highest BCUT2D eigenvalue weighted by atomic mass is 16.2. The molecule has 0 bridgehead atoms. The van der Waals surface area contributed by atoms with Crippen LogP contribution in [0.2, 0.25) is 0 Å². The Kier molecular flexibility index (Phi) is 10.4. The van der Waals surface area contributed by atoms with Crippen LogP contribution in [0.4, 0.5) is 0 Å². The summed E-state index contributed by atoms with van der Waals surface area (Å²) in [6.45, 7) is 1.10. The van der Waals surface area contributed by atoms with Gasteiger partial charge in [0, 0.05) is 19.6 Å². The molecule has 1 heterocycles. The minimum Gasteiger partial charge on any atom is -0.370 e. The van der Waals surface area contributed by atoms with E-state index in [-0.39, 0.29) is 24.2 Å². The lowest BCUT2D eigenvalue weighted by atomic mass is 10.1. The van der Waals surface area contributed by atoms with Gasteiger partial charge in [-0.25, -0.2) is 0 Å². The number of rotatable bonds is 12. The third kappa shape index (κ3) is 8.51. The summed E-state index contributed by atoms with van der Waals surface area (Å²) in [6, 6.07) is -2.34. The number of amides is 3. The van der Waals surface area contributed by atoms with Crippen molar-refractivity contribution in [1.82, 2.24) is 10.2 Å². The van der Waals surface area contributed by atoms with Crippen LogP contribution in [0, 0.1) is 0 Å². The highest BCUT2D eigenvalue weighted by molar-refractivity contribution is 5.93. The van der Waals surface area contributed by atoms with Gasteiger partial charge in [-0.3, -0.25) is 24.4 Å². The van der Waals surface area contributed by atoms with Gasteiger partial charge in [-0.05, 0) is 38.5 Å². The van der Waals surface area contributed by atoms with Crippen molar-refractivity contribution in [3.8, 4) is 0 Å². The fourth-order valence-electron chi connectivity index (χ4n) is 3.22. The zero-order chi connectivity index (χ0) is 22.7. The van der Waals surface area contributed by atoms with Gasteiger partial charge in [-0.2, -0.15) is 0 Å². The number of nitrogens with zero attached hydrogens (tertiary/aromatic N) is 3. The molecule has 1 aliphatic heterocycles. The molecule has 0 spiro atoms. The van der Waals surface area contributed by atoms with Gasteiger partial charge in [-0.1, -0.05) is 0 Å². The van der Waals surface area contributed by atoms with E-state index in [0.29, 0.717) is 51.7 Å². The highest BCUT2D eigenvalue weighted by Gasteiger charge is 2.37. The third-order valence-electron chi connectivity index (χ3n) is 4.73. The topological polar surface area (TPSA) is 247 Å². The van der Waals surface area contributed by atoms with Crippen molar-refractivity contribution in [3.63, 3.8) is 0 Å². The third-order valence-corrected chi connectivity index (χ3v) is 4.73. The van der Waals surface area contributed by atoms with Gasteiger partial charge in [-0.15, -0.1) is 0 Å². The summed E-state index contributed by atoms with van der Waals surface area (Å²) < 4.78 is 0. The fourth-order valence-corrected chi connectivity index (χ4v) is 3.22. The van der Waals surface area contributed by atoms with E-state index in [9.17, 15) is 14.4 Å². The maximum atomic E-state index is 12.7. The zero-order valence-corrected chi connectivity index (χ0v) is 17.1. The summed E-state index contributed by atoms with van der Waals surface area (Å²) in [5.41, 5.74) is 32.4. The molecule has 0 aliphatic carbocycles. The molecule has 3 atom stereocenters. The van der Waals surface area contributed by atoms with Gasteiger partial charge in [0.15, 0.2) is 11.9 Å². The van der Waals surface area contributed by atoms with Crippen molar-refractivity contribution in [2.45, 2.75) is 56.7 Å². The van der Waals surface area contributed by atoms with Crippen molar-refractivity contribution in [2.75, 3.05) is 19.6 Å². The van der Waals surface area contributed by atoms with Crippen LogP contribution in [0.5, 0.6) is 0 Å². The van der Waals surface area contributed by atoms with Crippen LogP contribution >= 0.6 is 0 Å². The van der Waals surface area contributed by atoms with E-state index < -0.39 is 29.9 Å². The SMILES string of the molecule is NC(=O)C(CCCN=C(N)N)NC(=O)C1CCCN1C(=O)C(N)CCCN=C(N)N. The van der Waals surface area contributed by atoms with E-state index in [2.05, 4.69) is 15.3 Å². The first-order valence-electron chi connectivity index (χ1n) is 9.90. The van der Waals surface area contributed by atoms with E-state index in [1.54, 1.807) is 0 Å². The Labute approximate surface area is 175 Å². The second-order valence-corrected chi connectivity index (χ2v) is 7.16. The van der Waals surface area contributed by atoms with Crippen molar-refractivity contribution in [2.24, 2.45) is 44.4 Å². The molecular formula is C17H34N10O3. The molecule has 0 aromatic carbocycles. The number of primary amides is 1. The van der Waals surface area contributed by atoms with Crippen LogP contribution in [0.25, 0.3) is 0 Å². The van der Waals surface area contributed by atoms with Gasteiger partial charge in [0.1, 0.15) is 12.1 Å². The minimum absolute atomic E-state index is 0.0199. The van der Waals surface area contributed by atoms with E-state index in [4.69, 9.17) is 34.4 Å². The van der Waals surface area contributed by atoms with E-state index in [1.165, 1.54) is 4.90 Å². The molecular weight excluding hydrogens is 392 g/mol. The Hall–Kier alpha value is -3.09. The van der Waals surface area contributed by atoms with Crippen LogP contribution in [0.3, 0.4) is 0 Å². The Morgan fingerprint density at radius 3 is 2.07 bits per heavy atom. The zero-order valence-electron chi connectivity index (χ0n) is 17.1. The van der Waals surface area contributed by atoms with Gasteiger partial charge >= 0.3 is 0 Å². The maximum Gasteiger partial charge on any atom is 0.243 e. The Morgan fingerprint density at radius 1 is 0.967 bits per heavy atom. The molecule has 3 amide bonds. The molecule has 170 valence electrons. The number of hydrogen-bond acceptors (Lipinski definition) is 6. The molecule has 0 saturated carbocycles. The summed E-state index contributed by atoms with van der Waals surface area (Å²) in [5, 5.41) is 2.63. The Balaban J connectivity index is 2.62. The molecule has 1 fully saturated rings. The number of nitrogens with two attached hydrogens (primary N) is 6. The summed E-state index contributed by atoms with van der Waals surface area (Å²) >= 11 is 0. The lowest BCUT2D eigenvalue weighted by Gasteiger charge is -2.28. The van der Waals surface area contributed by atoms with Crippen molar-refractivity contribution in [3.05, 3.63) is 0 Å². The van der Waals surface area contributed by atoms with Crippen molar-refractivity contribution in [1.29, 1.82) is 0 Å². The number of carbonyl (C=O) groups excluding carboxylic acids is 3. The van der Waals surface area contributed by atoms with Crippen LogP contribution < -0.4 is 39.7 Å². The first-order valence-corrected chi connectivity index (χ1v) is 9.90. The summed E-state index contributed by atoms with van der Waals surface area (Å²) in [7, 11) is 0. The first-order chi connectivity index (χ1) is 14.1. The first kappa shape index (κ1) is 24.9.